The number of aromatic nitrogens is 2. The van der Waals surface area contributed by atoms with Crippen LogP contribution in [0.5, 0.6) is 5.88 Å². The lowest BCUT2D eigenvalue weighted by Gasteiger charge is -2.20. The van der Waals surface area contributed by atoms with E-state index in [9.17, 15) is 24.0 Å². The van der Waals surface area contributed by atoms with Crippen LogP contribution in [0.2, 0.25) is 5.02 Å². The molecule has 1 N–H and O–H groups in total. The van der Waals surface area contributed by atoms with Gasteiger partial charge in [0, 0.05) is 12.3 Å². The fourth-order valence-corrected chi connectivity index (χ4v) is 3.56. The van der Waals surface area contributed by atoms with Crippen molar-refractivity contribution in [2.75, 3.05) is 13.2 Å². The highest BCUT2D eigenvalue weighted by molar-refractivity contribution is 6.32. The fourth-order valence-electron chi connectivity index (χ4n) is 3.22. The Hall–Kier alpha value is -3.17. The number of aliphatic hydroxyl groups is 1. The number of aldehydes is 1. The molecule has 156 valence electrons. The molecule has 0 aliphatic carbocycles. The van der Waals surface area contributed by atoms with Crippen LogP contribution in [0.3, 0.4) is 0 Å². The molecule has 0 radical (unpaired) electrons. The Labute approximate surface area is 174 Å². The predicted octanol–water partition coefficient (Wildman–Crippen LogP) is 3.11. The first-order valence-electron chi connectivity index (χ1n) is 8.85. The molecule has 10 heteroatoms. The molecular formula is C20H17ClFN3O5. The summed E-state index contributed by atoms with van der Waals surface area (Å²) in [6, 6.07) is 3.47. The number of aryl methyl sites for hydroxylation is 2. The van der Waals surface area contributed by atoms with E-state index >= 15 is 0 Å². The third kappa shape index (κ3) is 3.94. The standard InChI is InChI=1S/C20H17ClFN3O5/c1-10-3-12(22)4-15(21)18(10)25-13(8-26)5-16(28)17-19(25)11(2)6-23-20(17)30-9-14(27)7-24-29/h3-6,8,14,27H,7,9H2,1-2H3. The van der Waals surface area contributed by atoms with Crippen molar-refractivity contribution in [3.8, 4) is 11.6 Å². The van der Waals surface area contributed by atoms with E-state index in [0.717, 1.165) is 12.1 Å². The van der Waals surface area contributed by atoms with E-state index in [4.69, 9.17) is 16.3 Å². The Balaban J connectivity index is 2.35. The second-order valence-electron chi connectivity index (χ2n) is 6.69. The van der Waals surface area contributed by atoms with Crippen molar-refractivity contribution in [2.24, 2.45) is 5.18 Å². The van der Waals surface area contributed by atoms with Crippen LogP contribution in [0, 0.1) is 24.6 Å². The molecular weight excluding hydrogens is 417 g/mol. The summed E-state index contributed by atoms with van der Waals surface area (Å²) in [4.78, 5) is 39.0. The molecule has 0 bridgehead atoms. The highest BCUT2D eigenvalue weighted by atomic mass is 35.5. The number of aliphatic hydroxyl groups excluding tert-OH is 1. The van der Waals surface area contributed by atoms with E-state index in [2.05, 4.69) is 10.2 Å². The first kappa shape index (κ1) is 21.5. The lowest BCUT2D eigenvalue weighted by atomic mass is 10.1. The van der Waals surface area contributed by atoms with Crippen molar-refractivity contribution in [1.29, 1.82) is 0 Å². The molecule has 3 rings (SSSR count). The van der Waals surface area contributed by atoms with Gasteiger partial charge in [-0.2, -0.15) is 4.91 Å². The second-order valence-corrected chi connectivity index (χ2v) is 7.09. The van der Waals surface area contributed by atoms with E-state index in [0.29, 0.717) is 28.6 Å². The zero-order chi connectivity index (χ0) is 22.0. The third-order valence-electron chi connectivity index (χ3n) is 4.47. The molecule has 0 aliphatic heterocycles. The minimum atomic E-state index is -1.18. The van der Waals surface area contributed by atoms with Gasteiger partial charge in [-0.15, -0.1) is 0 Å². The number of benzene rings is 1. The third-order valence-corrected chi connectivity index (χ3v) is 4.76. The highest BCUT2D eigenvalue weighted by Crippen LogP contribution is 2.32. The molecule has 1 atom stereocenters. The van der Waals surface area contributed by atoms with Gasteiger partial charge < -0.3 is 14.4 Å². The van der Waals surface area contributed by atoms with Gasteiger partial charge in [-0.25, -0.2) is 9.37 Å². The normalized spacial score (nSPS) is 12.0. The van der Waals surface area contributed by atoms with Gasteiger partial charge in [0.2, 0.25) is 5.88 Å². The molecule has 3 aromatic rings. The minimum absolute atomic E-state index is 0.00884. The summed E-state index contributed by atoms with van der Waals surface area (Å²) in [5.74, 6) is -0.632. The topological polar surface area (TPSA) is 111 Å². The number of ether oxygens (including phenoxy) is 1. The molecule has 30 heavy (non-hydrogen) atoms. The predicted molar refractivity (Wildman–Crippen MR) is 109 cm³/mol. The first-order chi connectivity index (χ1) is 14.3. The molecule has 1 aromatic carbocycles. The molecule has 0 fully saturated rings. The van der Waals surface area contributed by atoms with E-state index in [1.807, 2.05) is 0 Å². The van der Waals surface area contributed by atoms with Gasteiger partial charge in [0.15, 0.2) is 11.7 Å². The summed E-state index contributed by atoms with van der Waals surface area (Å²) in [5.41, 5.74) is 1.08. The quantitative estimate of drug-likeness (QED) is 0.452. The van der Waals surface area contributed by atoms with E-state index in [1.54, 1.807) is 13.8 Å². The Bertz CT molecular complexity index is 1190. The molecule has 0 saturated heterocycles. The molecule has 0 spiro atoms. The van der Waals surface area contributed by atoms with Crippen molar-refractivity contribution in [1.82, 2.24) is 9.55 Å². The smallest absolute Gasteiger partial charge is 0.227 e. The number of hydrogen-bond donors (Lipinski definition) is 1. The number of nitrogens with zero attached hydrogens (tertiary/aromatic N) is 3. The molecule has 8 nitrogen and oxygen atoms in total. The molecule has 2 aromatic heterocycles. The monoisotopic (exact) mass is 433 g/mol. The average Bonchev–Trinajstić information content (AvgIpc) is 2.68. The van der Waals surface area contributed by atoms with Crippen molar-refractivity contribution in [2.45, 2.75) is 20.0 Å². The molecule has 2 heterocycles. The number of nitroso groups, excluding NO2 is 1. The van der Waals surface area contributed by atoms with Gasteiger partial charge in [-0.1, -0.05) is 16.8 Å². The lowest BCUT2D eigenvalue weighted by Crippen LogP contribution is -2.22. The van der Waals surface area contributed by atoms with Crippen LogP contribution in [0.1, 0.15) is 21.6 Å². The largest absolute Gasteiger partial charge is 0.474 e. The summed E-state index contributed by atoms with van der Waals surface area (Å²) in [6.45, 7) is 2.61. The molecule has 0 saturated carbocycles. The van der Waals surface area contributed by atoms with Crippen LogP contribution in [0.4, 0.5) is 4.39 Å². The summed E-state index contributed by atoms with van der Waals surface area (Å²) >= 11 is 6.29. The van der Waals surface area contributed by atoms with Crippen LogP contribution >= 0.6 is 11.6 Å². The SMILES string of the molecule is Cc1cc(F)cc(Cl)c1-n1c(C=O)cc(=O)c2c(OCC(O)CN=O)ncc(C)c21. The number of halogens is 2. The maximum atomic E-state index is 13.8. The van der Waals surface area contributed by atoms with Crippen LogP contribution in [0.25, 0.3) is 16.6 Å². The van der Waals surface area contributed by atoms with Gasteiger partial charge in [-0.3, -0.25) is 9.59 Å². The second kappa shape index (κ2) is 8.68. The van der Waals surface area contributed by atoms with Crippen molar-refractivity contribution < 1.29 is 19.0 Å². The maximum absolute atomic E-state index is 13.8. The van der Waals surface area contributed by atoms with Crippen molar-refractivity contribution in [3.63, 3.8) is 0 Å². The average molecular weight is 434 g/mol. The number of hydrogen-bond acceptors (Lipinski definition) is 7. The van der Waals surface area contributed by atoms with Crippen LogP contribution in [-0.4, -0.2) is 40.2 Å². The first-order valence-corrected chi connectivity index (χ1v) is 9.22. The Morgan fingerprint density at radius 1 is 1.33 bits per heavy atom. The minimum Gasteiger partial charge on any atom is -0.474 e. The van der Waals surface area contributed by atoms with Crippen molar-refractivity contribution in [3.05, 3.63) is 67.2 Å². The van der Waals surface area contributed by atoms with Crippen LogP contribution < -0.4 is 10.2 Å². The van der Waals surface area contributed by atoms with E-state index < -0.39 is 17.3 Å². The van der Waals surface area contributed by atoms with E-state index in [1.165, 1.54) is 16.8 Å². The van der Waals surface area contributed by atoms with Crippen LogP contribution in [0.15, 0.2) is 34.4 Å². The van der Waals surface area contributed by atoms with Gasteiger partial charge in [0.05, 0.1) is 21.9 Å². The number of carbonyl (C=O) groups is 1. The zero-order valence-corrected chi connectivity index (χ0v) is 16.8. The Morgan fingerprint density at radius 3 is 2.70 bits per heavy atom. The number of pyridine rings is 2. The maximum Gasteiger partial charge on any atom is 0.227 e. The summed E-state index contributed by atoms with van der Waals surface area (Å²) in [7, 11) is 0. The summed E-state index contributed by atoms with van der Waals surface area (Å²) < 4.78 is 20.7. The number of rotatable bonds is 7. The number of fused-ring (bicyclic) bond motifs is 1. The summed E-state index contributed by atoms with van der Waals surface area (Å²) in [6.07, 6.45) is 0.755. The lowest BCUT2D eigenvalue weighted by molar-refractivity contribution is 0.111. The Morgan fingerprint density at radius 2 is 2.07 bits per heavy atom. The number of carbonyl (C=O) groups excluding carboxylic acids is 1. The van der Waals surface area contributed by atoms with Gasteiger partial charge in [-0.05, 0) is 37.1 Å². The Kier molecular flexibility index (Phi) is 6.23. The molecule has 0 aliphatic rings. The van der Waals surface area contributed by atoms with Crippen LogP contribution in [-0.2, 0) is 0 Å². The summed E-state index contributed by atoms with van der Waals surface area (Å²) in [5, 5.41) is 12.4. The van der Waals surface area contributed by atoms with Crippen molar-refractivity contribution >= 4 is 28.8 Å². The highest BCUT2D eigenvalue weighted by Gasteiger charge is 2.21. The fraction of sp³-hybridized carbons (Fsp3) is 0.250. The van der Waals surface area contributed by atoms with E-state index in [-0.39, 0.29) is 35.1 Å². The van der Waals surface area contributed by atoms with Gasteiger partial charge in [0.1, 0.15) is 30.5 Å². The molecule has 1 unspecified atom stereocenters. The van der Waals surface area contributed by atoms with Gasteiger partial charge in [0.25, 0.3) is 0 Å². The van der Waals surface area contributed by atoms with Gasteiger partial charge >= 0.3 is 0 Å². The molecule has 0 amide bonds. The zero-order valence-electron chi connectivity index (χ0n) is 16.1.